The minimum atomic E-state index is 0.500. The van der Waals surface area contributed by atoms with Crippen molar-refractivity contribution in [3.05, 3.63) is 35.4 Å². The van der Waals surface area contributed by atoms with E-state index in [2.05, 4.69) is 24.6 Å². The molecular formula is C9H14N2O. The van der Waals surface area contributed by atoms with Gasteiger partial charge in [-0.25, -0.2) is 5.84 Å². The number of hydrogen-bond acceptors (Lipinski definition) is 3. The molecule has 0 heterocycles. The highest BCUT2D eigenvalue weighted by Crippen LogP contribution is 2.05. The summed E-state index contributed by atoms with van der Waals surface area (Å²) in [5.74, 6) is 4.96. The molecule has 12 heavy (non-hydrogen) atoms. The zero-order valence-electron chi connectivity index (χ0n) is 7.21. The van der Waals surface area contributed by atoms with Gasteiger partial charge in [0.15, 0.2) is 0 Å². The van der Waals surface area contributed by atoms with Gasteiger partial charge in [-0.3, -0.25) is 4.84 Å². The summed E-state index contributed by atoms with van der Waals surface area (Å²) in [6.07, 6.45) is 1.07. The van der Waals surface area contributed by atoms with E-state index in [0.717, 1.165) is 12.0 Å². The van der Waals surface area contributed by atoms with Crippen LogP contribution in [0.4, 0.5) is 0 Å². The lowest BCUT2D eigenvalue weighted by atomic mass is 10.1. The second-order valence-electron chi connectivity index (χ2n) is 2.58. The Morgan fingerprint density at radius 1 is 1.25 bits per heavy atom. The molecule has 0 aliphatic carbocycles. The van der Waals surface area contributed by atoms with Gasteiger partial charge >= 0.3 is 0 Å². The van der Waals surface area contributed by atoms with Crippen molar-refractivity contribution < 1.29 is 4.84 Å². The SMILES string of the molecule is CCc1ccc(CONN)cc1. The first-order valence-electron chi connectivity index (χ1n) is 4.02. The molecular weight excluding hydrogens is 152 g/mol. The van der Waals surface area contributed by atoms with Crippen molar-refractivity contribution in [3.63, 3.8) is 0 Å². The summed E-state index contributed by atoms with van der Waals surface area (Å²) in [5, 5.41) is 0. The van der Waals surface area contributed by atoms with Gasteiger partial charge in [0.05, 0.1) is 6.61 Å². The highest BCUT2D eigenvalue weighted by atomic mass is 16.7. The first kappa shape index (κ1) is 9.19. The molecule has 0 spiro atoms. The molecule has 0 amide bonds. The summed E-state index contributed by atoms with van der Waals surface area (Å²) in [4.78, 5) is 4.82. The smallest absolute Gasteiger partial charge is 0.0949 e. The zero-order valence-corrected chi connectivity index (χ0v) is 7.21. The molecule has 0 atom stereocenters. The average Bonchev–Trinajstić information content (AvgIpc) is 2.15. The first-order valence-corrected chi connectivity index (χ1v) is 4.02. The number of nitrogens with one attached hydrogen (secondary N) is 1. The lowest BCUT2D eigenvalue weighted by Gasteiger charge is -2.02. The van der Waals surface area contributed by atoms with Crippen LogP contribution in [0.3, 0.4) is 0 Å². The van der Waals surface area contributed by atoms with Crippen molar-refractivity contribution in [2.75, 3.05) is 0 Å². The molecule has 0 aliphatic heterocycles. The number of hydrazine groups is 1. The molecule has 3 heteroatoms. The van der Waals surface area contributed by atoms with Crippen molar-refractivity contribution in [2.45, 2.75) is 20.0 Å². The predicted molar refractivity (Wildman–Crippen MR) is 47.9 cm³/mol. The minimum absolute atomic E-state index is 0.500. The molecule has 0 fully saturated rings. The van der Waals surface area contributed by atoms with Crippen LogP contribution in [0.1, 0.15) is 18.1 Å². The highest BCUT2D eigenvalue weighted by Gasteiger charge is 1.92. The van der Waals surface area contributed by atoms with Crippen LogP contribution in [0.15, 0.2) is 24.3 Å². The van der Waals surface area contributed by atoms with Gasteiger partial charge in [0.1, 0.15) is 0 Å². The normalized spacial score (nSPS) is 10.2. The largest absolute Gasteiger partial charge is 0.282 e. The molecule has 1 aromatic rings. The Kier molecular flexibility index (Phi) is 3.73. The van der Waals surface area contributed by atoms with Gasteiger partial charge < -0.3 is 0 Å². The first-order chi connectivity index (χ1) is 5.86. The predicted octanol–water partition coefficient (Wildman–Crippen LogP) is 1.14. The molecule has 66 valence electrons. The van der Waals surface area contributed by atoms with Crippen molar-refractivity contribution >= 4 is 0 Å². The summed E-state index contributed by atoms with van der Waals surface area (Å²) in [6.45, 7) is 2.63. The van der Waals surface area contributed by atoms with Crippen LogP contribution in [0, 0.1) is 0 Å². The van der Waals surface area contributed by atoms with Crippen LogP contribution in [-0.4, -0.2) is 0 Å². The van der Waals surface area contributed by atoms with Gasteiger partial charge in [-0.1, -0.05) is 31.2 Å². The van der Waals surface area contributed by atoms with Gasteiger partial charge in [-0.2, -0.15) is 0 Å². The van der Waals surface area contributed by atoms with Crippen molar-refractivity contribution in [1.82, 2.24) is 5.59 Å². The van der Waals surface area contributed by atoms with Gasteiger partial charge in [-0.05, 0) is 17.5 Å². The number of nitrogens with two attached hydrogens (primary N) is 1. The van der Waals surface area contributed by atoms with E-state index in [-0.39, 0.29) is 0 Å². The van der Waals surface area contributed by atoms with Gasteiger partial charge in [0.25, 0.3) is 0 Å². The molecule has 0 bridgehead atoms. The maximum atomic E-state index is 4.96. The Bertz CT molecular complexity index is 220. The number of benzene rings is 1. The summed E-state index contributed by atoms with van der Waals surface area (Å²) >= 11 is 0. The molecule has 0 unspecified atom stereocenters. The van der Waals surface area contributed by atoms with E-state index >= 15 is 0 Å². The minimum Gasteiger partial charge on any atom is -0.282 e. The number of rotatable bonds is 4. The number of hydrogen-bond donors (Lipinski definition) is 2. The summed E-state index contributed by atoms with van der Waals surface area (Å²) in [7, 11) is 0. The van der Waals surface area contributed by atoms with Crippen LogP contribution in [0.5, 0.6) is 0 Å². The van der Waals surface area contributed by atoms with Crippen LogP contribution in [0.25, 0.3) is 0 Å². The van der Waals surface area contributed by atoms with E-state index in [9.17, 15) is 0 Å². The molecule has 3 N–H and O–H groups in total. The third-order valence-electron chi connectivity index (χ3n) is 1.75. The number of aryl methyl sites for hydroxylation is 1. The molecule has 1 aromatic carbocycles. The summed E-state index contributed by atoms with van der Waals surface area (Å²) in [6, 6.07) is 8.26. The Morgan fingerprint density at radius 3 is 2.33 bits per heavy atom. The second-order valence-corrected chi connectivity index (χ2v) is 2.58. The lowest BCUT2D eigenvalue weighted by Crippen LogP contribution is -2.21. The van der Waals surface area contributed by atoms with Crippen LogP contribution in [-0.2, 0) is 17.9 Å². The van der Waals surface area contributed by atoms with E-state index in [1.54, 1.807) is 0 Å². The van der Waals surface area contributed by atoms with Crippen molar-refractivity contribution in [2.24, 2.45) is 5.84 Å². The van der Waals surface area contributed by atoms with Crippen molar-refractivity contribution in [1.29, 1.82) is 0 Å². The monoisotopic (exact) mass is 166 g/mol. The van der Waals surface area contributed by atoms with Crippen LogP contribution < -0.4 is 11.4 Å². The Balaban J connectivity index is 2.53. The zero-order chi connectivity index (χ0) is 8.81. The Labute approximate surface area is 72.5 Å². The van der Waals surface area contributed by atoms with Gasteiger partial charge in [0, 0.05) is 0 Å². The lowest BCUT2D eigenvalue weighted by molar-refractivity contribution is 0.0279. The third kappa shape index (κ3) is 2.62. The molecule has 1 rings (SSSR count). The second kappa shape index (κ2) is 4.87. The molecule has 0 aromatic heterocycles. The quantitative estimate of drug-likeness (QED) is 0.521. The maximum Gasteiger partial charge on any atom is 0.0949 e. The fourth-order valence-corrected chi connectivity index (χ4v) is 0.996. The highest BCUT2D eigenvalue weighted by molar-refractivity contribution is 5.21. The van der Waals surface area contributed by atoms with E-state index in [4.69, 9.17) is 10.7 Å². The summed E-state index contributed by atoms with van der Waals surface area (Å²) in [5.41, 5.74) is 4.59. The fourth-order valence-electron chi connectivity index (χ4n) is 0.996. The van der Waals surface area contributed by atoms with E-state index in [0.29, 0.717) is 6.61 Å². The standard InChI is InChI=1S/C9H14N2O/c1-2-8-3-5-9(6-4-8)7-12-11-10/h3-6,11H,2,7,10H2,1H3. The Hall–Kier alpha value is -0.900. The molecule has 0 aliphatic rings. The Morgan fingerprint density at radius 2 is 1.83 bits per heavy atom. The van der Waals surface area contributed by atoms with E-state index < -0.39 is 0 Å². The topological polar surface area (TPSA) is 47.3 Å². The maximum absolute atomic E-state index is 4.96. The van der Waals surface area contributed by atoms with Gasteiger partial charge in [0.2, 0.25) is 0 Å². The molecule has 0 saturated heterocycles. The van der Waals surface area contributed by atoms with E-state index in [1.807, 2.05) is 12.1 Å². The molecule has 0 radical (unpaired) electrons. The third-order valence-corrected chi connectivity index (χ3v) is 1.75. The van der Waals surface area contributed by atoms with Crippen LogP contribution >= 0.6 is 0 Å². The molecule has 3 nitrogen and oxygen atoms in total. The van der Waals surface area contributed by atoms with Crippen LogP contribution in [0.2, 0.25) is 0 Å². The average molecular weight is 166 g/mol. The van der Waals surface area contributed by atoms with E-state index in [1.165, 1.54) is 5.56 Å². The fraction of sp³-hybridized carbons (Fsp3) is 0.333. The van der Waals surface area contributed by atoms with Crippen molar-refractivity contribution in [3.8, 4) is 0 Å². The van der Waals surface area contributed by atoms with Gasteiger partial charge in [-0.15, -0.1) is 5.59 Å². The summed E-state index contributed by atoms with van der Waals surface area (Å²) < 4.78 is 0. The molecule has 0 saturated carbocycles.